The third-order valence-electron chi connectivity index (χ3n) is 4.01. The first-order chi connectivity index (χ1) is 8.68. The van der Waals surface area contributed by atoms with Crippen molar-refractivity contribution in [2.45, 2.75) is 25.8 Å². The van der Waals surface area contributed by atoms with Crippen molar-refractivity contribution in [3.8, 4) is 0 Å². The van der Waals surface area contributed by atoms with Crippen molar-refractivity contribution in [3.05, 3.63) is 35.5 Å². The van der Waals surface area contributed by atoms with Gasteiger partial charge in [-0.15, -0.1) is 0 Å². The Labute approximate surface area is 107 Å². The number of carbonyl (C=O) groups is 1. The number of likely N-dealkylation sites (tertiary alicyclic amines) is 1. The molecule has 0 radical (unpaired) electrons. The SMILES string of the molecule is Cc1cccc2c(C(=O)[C@@H]3CCCN3C)c[nH]c12. The highest BCUT2D eigenvalue weighted by Crippen LogP contribution is 2.26. The van der Waals surface area contributed by atoms with Crippen LogP contribution >= 0.6 is 0 Å². The predicted molar refractivity (Wildman–Crippen MR) is 73.0 cm³/mol. The predicted octanol–water partition coefficient (Wildman–Crippen LogP) is 2.75. The Hall–Kier alpha value is -1.61. The molecule has 0 aliphatic carbocycles. The zero-order valence-corrected chi connectivity index (χ0v) is 10.9. The summed E-state index contributed by atoms with van der Waals surface area (Å²) in [6.07, 6.45) is 3.97. The lowest BCUT2D eigenvalue weighted by atomic mass is 10.0. The molecule has 18 heavy (non-hydrogen) atoms. The molecule has 94 valence electrons. The number of hydrogen-bond acceptors (Lipinski definition) is 2. The van der Waals surface area contributed by atoms with Crippen LogP contribution in [0, 0.1) is 6.92 Å². The van der Waals surface area contributed by atoms with Crippen LogP contribution in [-0.2, 0) is 0 Å². The Morgan fingerprint density at radius 1 is 1.44 bits per heavy atom. The standard InChI is InChI=1S/C15H18N2O/c1-10-5-3-6-11-12(9-16-14(10)11)15(18)13-7-4-8-17(13)2/h3,5-6,9,13,16H,4,7-8H2,1-2H3/t13-/m0/s1. The normalized spacial score (nSPS) is 20.7. The smallest absolute Gasteiger partial charge is 0.182 e. The van der Waals surface area contributed by atoms with Crippen LogP contribution in [0.1, 0.15) is 28.8 Å². The van der Waals surface area contributed by atoms with Gasteiger partial charge >= 0.3 is 0 Å². The number of nitrogens with one attached hydrogen (secondary N) is 1. The molecule has 1 fully saturated rings. The molecule has 1 saturated heterocycles. The van der Waals surface area contributed by atoms with Gasteiger partial charge in [-0.3, -0.25) is 9.69 Å². The number of carbonyl (C=O) groups excluding carboxylic acids is 1. The summed E-state index contributed by atoms with van der Waals surface area (Å²) in [6, 6.07) is 6.17. The fourth-order valence-electron chi connectivity index (χ4n) is 2.93. The van der Waals surface area contributed by atoms with E-state index in [0.717, 1.165) is 35.9 Å². The minimum atomic E-state index is 0.0597. The van der Waals surface area contributed by atoms with E-state index in [4.69, 9.17) is 0 Å². The van der Waals surface area contributed by atoms with E-state index in [9.17, 15) is 4.79 Å². The second-order valence-electron chi connectivity index (χ2n) is 5.20. The number of Topliss-reactive ketones (excluding diaryl/α,β-unsaturated/α-hetero) is 1. The molecule has 0 spiro atoms. The number of aromatic nitrogens is 1. The molecule has 1 aliphatic heterocycles. The van der Waals surface area contributed by atoms with Gasteiger partial charge in [0.15, 0.2) is 5.78 Å². The molecule has 0 bridgehead atoms. The van der Waals surface area contributed by atoms with Gasteiger partial charge in [-0.1, -0.05) is 18.2 Å². The molecule has 3 rings (SSSR count). The third-order valence-corrected chi connectivity index (χ3v) is 4.01. The molecule has 3 nitrogen and oxygen atoms in total. The topological polar surface area (TPSA) is 36.1 Å². The molecule has 1 aliphatic rings. The first-order valence-corrected chi connectivity index (χ1v) is 6.49. The van der Waals surface area contributed by atoms with Gasteiger partial charge < -0.3 is 4.98 Å². The number of para-hydroxylation sites is 1. The van der Waals surface area contributed by atoms with Crippen molar-refractivity contribution in [2.24, 2.45) is 0 Å². The van der Waals surface area contributed by atoms with Crippen LogP contribution in [0.25, 0.3) is 10.9 Å². The molecule has 1 aromatic carbocycles. The molecule has 0 unspecified atom stereocenters. The van der Waals surface area contributed by atoms with Gasteiger partial charge in [-0.25, -0.2) is 0 Å². The Bertz CT molecular complexity index is 600. The number of benzene rings is 1. The Morgan fingerprint density at radius 2 is 2.28 bits per heavy atom. The minimum absolute atomic E-state index is 0.0597. The number of nitrogens with zero attached hydrogens (tertiary/aromatic N) is 1. The highest BCUT2D eigenvalue weighted by atomic mass is 16.1. The summed E-state index contributed by atoms with van der Waals surface area (Å²) in [7, 11) is 2.04. The van der Waals surface area contributed by atoms with Crippen molar-refractivity contribution in [2.75, 3.05) is 13.6 Å². The molecule has 3 heteroatoms. The fourth-order valence-corrected chi connectivity index (χ4v) is 2.93. The Balaban J connectivity index is 2.04. The summed E-state index contributed by atoms with van der Waals surface area (Å²) in [5.41, 5.74) is 3.11. The number of ketones is 1. The van der Waals surface area contributed by atoms with E-state index in [1.165, 1.54) is 5.56 Å². The first kappa shape index (κ1) is 11.5. The first-order valence-electron chi connectivity index (χ1n) is 6.49. The second kappa shape index (κ2) is 4.25. The Kier molecular flexibility index (Phi) is 2.71. The zero-order valence-electron chi connectivity index (χ0n) is 10.9. The average Bonchev–Trinajstić information content (AvgIpc) is 2.95. The number of H-pyrrole nitrogens is 1. The van der Waals surface area contributed by atoms with E-state index >= 15 is 0 Å². The summed E-state index contributed by atoms with van der Waals surface area (Å²) in [6.45, 7) is 3.09. The van der Waals surface area contributed by atoms with E-state index in [-0.39, 0.29) is 11.8 Å². The third kappa shape index (κ3) is 1.66. The number of hydrogen-bond donors (Lipinski definition) is 1. The van der Waals surface area contributed by atoms with Crippen molar-refractivity contribution in [3.63, 3.8) is 0 Å². The molecular formula is C15H18N2O. The molecule has 0 amide bonds. The fraction of sp³-hybridized carbons (Fsp3) is 0.400. The van der Waals surface area contributed by atoms with E-state index in [1.807, 2.05) is 25.4 Å². The van der Waals surface area contributed by atoms with E-state index in [2.05, 4.69) is 22.9 Å². The second-order valence-corrected chi connectivity index (χ2v) is 5.20. The maximum Gasteiger partial charge on any atom is 0.182 e. The number of likely N-dealkylation sites (N-methyl/N-ethyl adjacent to an activating group) is 1. The van der Waals surface area contributed by atoms with Crippen LogP contribution in [-0.4, -0.2) is 35.3 Å². The van der Waals surface area contributed by atoms with E-state index < -0.39 is 0 Å². The molecule has 0 saturated carbocycles. The van der Waals surface area contributed by atoms with Crippen LogP contribution < -0.4 is 0 Å². The summed E-state index contributed by atoms with van der Waals surface area (Å²) in [5, 5.41) is 1.06. The quantitative estimate of drug-likeness (QED) is 0.822. The average molecular weight is 242 g/mol. The molecule has 2 aromatic rings. The van der Waals surface area contributed by atoms with Gasteiger partial charge in [0, 0.05) is 22.7 Å². The lowest BCUT2D eigenvalue weighted by Gasteiger charge is -2.17. The van der Waals surface area contributed by atoms with Crippen molar-refractivity contribution >= 4 is 16.7 Å². The zero-order chi connectivity index (χ0) is 12.7. The number of rotatable bonds is 2. The largest absolute Gasteiger partial charge is 0.360 e. The summed E-state index contributed by atoms with van der Waals surface area (Å²) < 4.78 is 0. The molecule has 2 heterocycles. The van der Waals surface area contributed by atoms with Gasteiger partial charge in [0.2, 0.25) is 0 Å². The molecular weight excluding hydrogens is 224 g/mol. The highest BCUT2D eigenvalue weighted by Gasteiger charge is 2.29. The maximum absolute atomic E-state index is 12.6. The van der Waals surface area contributed by atoms with Crippen LogP contribution in [0.4, 0.5) is 0 Å². The van der Waals surface area contributed by atoms with E-state index in [1.54, 1.807) is 0 Å². The van der Waals surface area contributed by atoms with Crippen molar-refractivity contribution in [1.29, 1.82) is 0 Å². The summed E-state index contributed by atoms with van der Waals surface area (Å²) in [5.74, 6) is 0.256. The van der Waals surface area contributed by atoms with Crippen LogP contribution in [0.3, 0.4) is 0 Å². The number of aryl methyl sites for hydroxylation is 1. The molecule has 1 aromatic heterocycles. The van der Waals surface area contributed by atoms with Gasteiger partial charge in [0.25, 0.3) is 0 Å². The van der Waals surface area contributed by atoms with Gasteiger partial charge in [-0.05, 0) is 38.9 Å². The lowest BCUT2D eigenvalue weighted by molar-refractivity contribution is 0.0892. The Morgan fingerprint density at radius 3 is 3.00 bits per heavy atom. The van der Waals surface area contributed by atoms with Crippen LogP contribution in [0.2, 0.25) is 0 Å². The number of aromatic amines is 1. The van der Waals surface area contributed by atoms with E-state index in [0.29, 0.717) is 0 Å². The van der Waals surface area contributed by atoms with Crippen LogP contribution in [0.15, 0.2) is 24.4 Å². The van der Waals surface area contributed by atoms with Crippen molar-refractivity contribution < 1.29 is 4.79 Å². The van der Waals surface area contributed by atoms with Crippen LogP contribution in [0.5, 0.6) is 0 Å². The minimum Gasteiger partial charge on any atom is -0.360 e. The van der Waals surface area contributed by atoms with Crippen molar-refractivity contribution in [1.82, 2.24) is 9.88 Å². The lowest BCUT2D eigenvalue weighted by Crippen LogP contribution is -2.32. The molecule has 1 N–H and O–H groups in total. The number of fused-ring (bicyclic) bond motifs is 1. The monoisotopic (exact) mass is 242 g/mol. The van der Waals surface area contributed by atoms with Gasteiger partial charge in [0.1, 0.15) is 0 Å². The molecule has 1 atom stereocenters. The van der Waals surface area contributed by atoms with Gasteiger partial charge in [-0.2, -0.15) is 0 Å². The van der Waals surface area contributed by atoms with Gasteiger partial charge in [0.05, 0.1) is 6.04 Å². The summed E-state index contributed by atoms with van der Waals surface area (Å²) >= 11 is 0. The summed E-state index contributed by atoms with van der Waals surface area (Å²) in [4.78, 5) is 18.0. The highest BCUT2D eigenvalue weighted by molar-refractivity contribution is 6.10. The maximum atomic E-state index is 12.6.